The molecule has 21 heavy (non-hydrogen) atoms. The van der Waals surface area contributed by atoms with E-state index in [1.165, 1.54) is 44.2 Å². The number of unbranched alkanes of at least 4 members (excludes halogenated alkanes) is 4. The summed E-state index contributed by atoms with van der Waals surface area (Å²) in [4.78, 5) is 0. The number of hydrogen-bond donors (Lipinski definition) is 0. The highest BCUT2D eigenvalue weighted by atomic mass is 19.2. The van der Waals surface area contributed by atoms with Gasteiger partial charge in [0, 0.05) is 11.5 Å². The van der Waals surface area contributed by atoms with Crippen molar-refractivity contribution in [3.63, 3.8) is 0 Å². The molecule has 0 bridgehead atoms. The van der Waals surface area contributed by atoms with Crippen LogP contribution >= 0.6 is 0 Å². The van der Waals surface area contributed by atoms with E-state index in [1.54, 1.807) is 0 Å². The van der Waals surface area contributed by atoms with Crippen molar-refractivity contribution in [2.45, 2.75) is 51.7 Å². The van der Waals surface area contributed by atoms with Gasteiger partial charge in [0.15, 0.2) is 17.9 Å². The van der Waals surface area contributed by atoms with Crippen LogP contribution in [0.1, 0.15) is 57.3 Å². The van der Waals surface area contributed by atoms with Crippen molar-refractivity contribution < 1.29 is 18.3 Å². The molecule has 1 aliphatic heterocycles. The van der Waals surface area contributed by atoms with Crippen molar-refractivity contribution in [1.82, 2.24) is 0 Å². The SMILES string of the molecule is CCCCCCCC1COC(c2cccc(F)c2F)OC1. The van der Waals surface area contributed by atoms with Gasteiger partial charge >= 0.3 is 0 Å². The fraction of sp³-hybridized carbons (Fsp3) is 0.647. The molecule has 0 unspecified atom stereocenters. The molecule has 0 aromatic heterocycles. The van der Waals surface area contributed by atoms with Gasteiger partial charge < -0.3 is 9.47 Å². The zero-order valence-corrected chi connectivity index (χ0v) is 12.6. The van der Waals surface area contributed by atoms with Crippen LogP contribution in [0.5, 0.6) is 0 Å². The molecule has 1 aromatic rings. The fourth-order valence-electron chi connectivity index (χ4n) is 2.63. The van der Waals surface area contributed by atoms with E-state index in [1.807, 2.05) is 0 Å². The number of halogens is 2. The minimum Gasteiger partial charge on any atom is -0.348 e. The Morgan fingerprint density at radius 2 is 1.76 bits per heavy atom. The van der Waals surface area contributed by atoms with Gasteiger partial charge in [-0.3, -0.25) is 0 Å². The molecule has 0 radical (unpaired) electrons. The summed E-state index contributed by atoms with van der Waals surface area (Å²) in [6.45, 7) is 3.30. The molecule has 4 heteroatoms. The van der Waals surface area contributed by atoms with E-state index in [0.717, 1.165) is 12.5 Å². The Hall–Kier alpha value is -1.00. The Kier molecular flexibility index (Phi) is 6.58. The van der Waals surface area contributed by atoms with E-state index < -0.39 is 17.9 Å². The maximum atomic E-state index is 13.7. The Balaban J connectivity index is 1.74. The predicted molar refractivity (Wildman–Crippen MR) is 77.9 cm³/mol. The highest BCUT2D eigenvalue weighted by molar-refractivity contribution is 5.20. The minimum absolute atomic E-state index is 0.149. The summed E-state index contributed by atoms with van der Waals surface area (Å²) in [6.07, 6.45) is 6.53. The fourth-order valence-corrected chi connectivity index (χ4v) is 2.63. The van der Waals surface area contributed by atoms with E-state index in [2.05, 4.69) is 6.92 Å². The van der Waals surface area contributed by atoms with E-state index in [0.29, 0.717) is 19.1 Å². The molecule has 0 amide bonds. The van der Waals surface area contributed by atoms with E-state index in [9.17, 15) is 8.78 Å². The molecular weight excluding hydrogens is 274 g/mol. The third kappa shape index (κ3) is 4.75. The highest BCUT2D eigenvalue weighted by Gasteiger charge is 2.26. The van der Waals surface area contributed by atoms with Crippen molar-refractivity contribution in [2.75, 3.05) is 13.2 Å². The van der Waals surface area contributed by atoms with E-state index in [-0.39, 0.29) is 5.56 Å². The molecule has 0 saturated carbocycles. The first-order valence-corrected chi connectivity index (χ1v) is 7.89. The third-order valence-corrected chi connectivity index (χ3v) is 3.92. The molecule has 1 aliphatic rings. The molecule has 118 valence electrons. The molecule has 1 heterocycles. The number of hydrogen-bond acceptors (Lipinski definition) is 2. The monoisotopic (exact) mass is 298 g/mol. The molecule has 0 spiro atoms. The Morgan fingerprint density at radius 3 is 2.48 bits per heavy atom. The van der Waals surface area contributed by atoms with Gasteiger partial charge in [-0.25, -0.2) is 8.78 Å². The van der Waals surface area contributed by atoms with Crippen molar-refractivity contribution in [1.29, 1.82) is 0 Å². The average molecular weight is 298 g/mol. The largest absolute Gasteiger partial charge is 0.348 e. The summed E-state index contributed by atoms with van der Waals surface area (Å²) in [7, 11) is 0. The van der Waals surface area contributed by atoms with Crippen LogP contribution in [0.3, 0.4) is 0 Å². The van der Waals surface area contributed by atoms with Gasteiger partial charge in [0.25, 0.3) is 0 Å². The van der Waals surface area contributed by atoms with Crippen LogP contribution in [0.15, 0.2) is 18.2 Å². The van der Waals surface area contributed by atoms with Crippen LogP contribution in [0.4, 0.5) is 8.78 Å². The van der Waals surface area contributed by atoms with Crippen LogP contribution in [0, 0.1) is 17.6 Å². The first-order chi connectivity index (χ1) is 10.2. The Morgan fingerprint density at radius 1 is 1.05 bits per heavy atom. The minimum atomic E-state index is -0.875. The smallest absolute Gasteiger partial charge is 0.186 e. The van der Waals surface area contributed by atoms with Gasteiger partial charge in [-0.1, -0.05) is 51.2 Å². The maximum Gasteiger partial charge on any atom is 0.186 e. The first kappa shape index (κ1) is 16.4. The molecule has 1 saturated heterocycles. The normalized spacial score (nSPS) is 22.4. The Bertz CT molecular complexity index is 429. The van der Waals surface area contributed by atoms with Gasteiger partial charge in [0.2, 0.25) is 0 Å². The summed E-state index contributed by atoms with van der Waals surface area (Å²) in [5.74, 6) is -1.38. The van der Waals surface area contributed by atoms with Crippen LogP contribution in [-0.4, -0.2) is 13.2 Å². The lowest BCUT2D eigenvalue weighted by Crippen LogP contribution is -2.27. The quantitative estimate of drug-likeness (QED) is 0.660. The van der Waals surface area contributed by atoms with E-state index in [4.69, 9.17) is 9.47 Å². The molecule has 1 aromatic carbocycles. The summed E-state index contributed by atoms with van der Waals surface area (Å²) in [5, 5.41) is 0. The second-order valence-electron chi connectivity index (χ2n) is 5.71. The summed E-state index contributed by atoms with van der Waals surface area (Å²) >= 11 is 0. The number of benzene rings is 1. The zero-order chi connectivity index (χ0) is 15.1. The second kappa shape index (κ2) is 8.44. The van der Waals surface area contributed by atoms with Crippen LogP contribution in [0.25, 0.3) is 0 Å². The second-order valence-corrected chi connectivity index (χ2v) is 5.71. The van der Waals surface area contributed by atoms with Gasteiger partial charge in [-0.2, -0.15) is 0 Å². The van der Waals surface area contributed by atoms with Gasteiger partial charge in [0.05, 0.1) is 13.2 Å². The van der Waals surface area contributed by atoms with Crippen LogP contribution in [0.2, 0.25) is 0 Å². The summed E-state index contributed by atoms with van der Waals surface area (Å²) in [6, 6.07) is 4.08. The molecule has 0 N–H and O–H groups in total. The van der Waals surface area contributed by atoms with Crippen molar-refractivity contribution in [3.05, 3.63) is 35.4 Å². The lowest BCUT2D eigenvalue weighted by molar-refractivity contribution is -0.207. The van der Waals surface area contributed by atoms with Crippen molar-refractivity contribution >= 4 is 0 Å². The number of ether oxygens (including phenoxy) is 2. The van der Waals surface area contributed by atoms with Gasteiger partial charge in [0.1, 0.15) is 0 Å². The maximum absolute atomic E-state index is 13.7. The van der Waals surface area contributed by atoms with Crippen LogP contribution in [-0.2, 0) is 9.47 Å². The van der Waals surface area contributed by atoms with Crippen LogP contribution < -0.4 is 0 Å². The van der Waals surface area contributed by atoms with E-state index >= 15 is 0 Å². The van der Waals surface area contributed by atoms with Crippen molar-refractivity contribution in [2.24, 2.45) is 5.92 Å². The summed E-state index contributed by atoms with van der Waals surface area (Å²) < 4.78 is 38.0. The standard InChI is InChI=1S/C17H24F2O2/c1-2-3-4-5-6-8-13-11-20-17(21-12-13)14-9-7-10-15(18)16(14)19/h7,9-10,13,17H,2-6,8,11-12H2,1H3. The lowest BCUT2D eigenvalue weighted by Gasteiger charge is -2.29. The molecule has 2 nitrogen and oxygen atoms in total. The lowest BCUT2D eigenvalue weighted by atomic mass is 10.0. The number of rotatable bonds is 7. The van der Waals surface area contributed by atoms with Gasteiger partial charge in [-0.15, -0.1) is 0 Å². The Labute approximate surface area is 125 Å². The average Bonchev–Trinajstić information content (AvgIpc) is 2.51. The first-order valence-electron chi connectivity index (χ1n) is 7.89. The molecule has 2 rings (SSSR count). The summed E-state index contributed by atoms with van der Waals surface area (Å²) in [5.41, 5.74) is 0.149. The highest BCUT2D eigenvalue weighted by Crippen LogP contribution is 2.29. The van der Waals surface area contributed by atoms with Crippen molar-refractivity contribution in [3.8, 4) is 0 Å². The third-order valence-electron chi connectivity index (χ3n) is 3.92. The molecule has 1 fully saturated rings. The predicted octanol–water partition coefficient (Wildman–Crippen LogP) is 4.99. The molecule has 0 atom stereocenters. The van der Waals surface area contributed by atoms with Gasteiger partial charge in [-0.05, 0) is 12.5 Å². The zero-order valence-electron chi connectivity index (χ0n) is 12.6. The molecule has 0 aliphatic carbocycles. The topological polar surface area (TPSA) is 18.5 Å². The molecular formula is C17H24F2O2.